The molecule has 0 unspecified atom stereocenters. The first-order valence-corrected chi connectivity index (χ1v) is 14.0. The van der Waals surface area contributed by atoms with E-state index in [1.807, 2.05) is 0 Å². The highest BCUT2D eigenvalue weighted by Gasteiger charge is 2.19. The van der Waals surface area contributed by atoms with Crippen molar-refractivity contribution in [3.05, 3.63) is 0 Å². The van der Waals surface area contributed by atoms with Gasteiger partial charge in [0.2, 0.25) is 0 Å². The standard InChI is InChI=1S/C25H49IO2/c1-3-5-7-9-12-16-20-24(21-17-13-10-8-6-4-2)25(27)28-23-19-15-11-14-18-22-26/h24H,3-23H2,1-2H3. The molecule has 2 nitrogen and oxygen atoms in total. The number of alkyl halides is 1. The summed E-state index contributed by atoms with van der Waals surface area (Å²) in [5.74, 6) is 0.241. The highest BCUT2D eigenvalue weighted by Crippen LogP contribution is 2.21. The van der Waals surface area contributed by atoms with Gasteiger partial charge < -0.3 is 4.74 Å². The van der Waals surface area contributed by atoms with Gasteiger partial charge >= 0.3 is 5.97 Å². The lowest BCUT2D eigenvalue weighted by Gasteiger charge is -2.16. The molecule has 0 atom stereocenters. The molecule has 0 N–H and O–H groups in total. The van der Waals surface area contributed by atoms with E-state index in [2.05, 4.69) is 36.4 Å². The van der Waals surface area contributed by atoms with Gasteiger partial charge in [-0.2, -0.15) is 0 Å². The molecule has 28 heavy (non-hydrogen) atoms. The highest BCUT2D eigenvalue weighted by atomic mass is 127. The minimum absolute atomic E-state index is 0.0920. The van der Waals surface area contributed by atoms with E-state index >= 15 is 0 Å². The predicted molar refractivity (Wildman–Crippen MR) is 132 cm³/mol. The van der Waals surface area contributed by atoms with Crippen LogP contribution in [0.1, 0.15) is 136 Å². The second-order valence-electron chi connectivity index (χ2n) is 8.43. The minimum atomic E-state index is 0.0920. The molecule has 0 aliphatic carbocycles. The Hall–Kier alpha value is 0.200. The van der Waals surface area contributed by atoms with E-state index in [0.29, 0.717) is 6.61 Å². The summed E-state index contributed by atoms with van der Waals surface area (Å²) in [7, 11) is 0. The zero-order valence-corrected chi connectivity index (χ0v) is 21.3. The summed E-state index contributed by atoms with van der Waals surface area (Å²) in [6, 6.07) is 0. The zero-order chi connectivity index (χ0) is 20.7. The van der Waals surface area contributed by atoms with Gasteiger partial charge in [-0.05, 0) is 30.1 Å². The van der Waals surface area contributed by atoms with Crippen LogP contribution in [0, 0.1) is 5.92 Å². The Bertz CT molecular complexity index is 304. The molecule has 0 bridgehead atoms. The molecular formula is C25H49IO2. The number of esters is 1. The van der Waals surface area contributed by atoms with Gasteiger partial charge in [0.1, 0.15) is 0 Å². The van der Waals surface area contributed by atoms with E-state index in [-0.39, 0.29) is 11.9 Å². The molecule has 0 saturated heterocycles. The number of hydrogen-bond acceptors (Lipinski definition) is 2. The fraction of sp³-hybridized carbons (Fsp3) is 0.960. The number of ether oxygens (including phenoxy) is 1. The fourth-order valence-electron chi connectivity index (χ4n) is 3.74. The van der Waals surface area contributed by atoms with Crippen LogP contribution in [0.15, 0.2) is 0 Å². The van der Waals surface area contributed by atoms with Crippen molar-refractivity contribution in [3.8, 4) is 0 Å². The number of rotatable bonds is 22. The van der Waals surface area contributed by atoms with E-state index in [0.717, 1.165) is 19.3 Å². The summed E-state index contributed by atoms with van der Waals surface area (Å²) >= 11 is 2.44. The summed E-state index contributed by atoms with van der Waals surface area (Å²) in [6.07, 6.45) is 23.8. The number of hydrogen-bond donors (Lipinski definition) is 0. The van der Waals surface area contributed by atoms with Crippen molar-refractivity contribution in [2.24, 2.45) is 5.92 Å². The van der Waals surface area contributed by atoms with Gasteiger partial charge in [-0.3, -0.25) is 4.79 Å². The smallest absolute Gasteiger partial charge is 0.308 e. The molecule has 0 aliphatic rings. The third kappa shape index (κ3) is 19.5. The third-order valence-corrected chi connectivity index (χ3v) is 6.43. The molecule has 0 radical (unpaired) electrons. The number of unbranched alkanes of at least 4 members (excludes halogenated alkanes) is 14. The van der Waals surface area contributed by atoms with E-state index in [9.17, 15) is 4.79 Å². The fourth-order valence-corrected chi connectivity index (χ4v) is 4.28. The van der Waals surface area contributed by atoms with Crippen LogP contribution >= 0.6 is 22.6 Å². The van der Waals surface area contributed by atoms with Crippen molar-refractivity contribution in [2.75, 3.05) is 11.0 Å². The average molecular weight is 509 g/mol. The van der Waals surface area contributed by atoms with Crippen molar-refractivity contribution in [1.29, 1.82) is 0 Å². The highest BCUT2D eigenvalue weighted by molar-refractivity contribution is 14.1. The Balaban J connectivity index is 4.01. The molecule has 0 aromatic heterocycles. The topological polar surface area (TPSA) is 26.3 Å². The maximum absolute atomic E-state index is 12.6. The molecule has 0 heterocycles. The van der Waals surface area contributed by atoms with Crippen molar-refractivity contribution < 1.29 is 9.53 Å². The van der Waals surface area contributed by atoms with Gasteiger partial charge in [0.25, 0.3) is 0 Å². The van der Waals surface area contributed by atoms with Crippen LogP contribution in [-0.4, -0.2) is 17.0 Å². The first kappa shape index (κ1) is 28.2. The van der Waals surface area contributed by atoms with Gasteiger partial charge in [0, 0.05) is 0 Å². The maximum atomic E-state index is 12.6. The van der Waals surface area contributed by atoms with E-state index in [4.69, 9.17) is 4.74 Å². The van der Waals surface area contributed by atoms with Gasteiger partial charge in [0.15, 0.2) is 0 Å². The van der Waals surface area contributed by atoms with E-state index in [1.54, 1.807) is 0 Å². The number of halogens is 1. The van der Waals surface area contributed by atoms with Crippen LogP contribution in [0.2, 0.25) is 0 Å². The monoisotopic (exact) mass is 508 g/mol. The van der Waals surface area contributed by atoms with Crippen LogP contribution in [0.4, 0.5) is 0 Å². The lowest BCUT2D eigenvalue weighted by molar-refractivity contribution is -0.149. The average Bonchev–Trinajstić information content (AvgIpc) is 2.70. The number of carbonyl (C=O) groups excluding carboxylic acids is 1. The molecule has 3 heteroatoms. The van der Waals surface area contributed by atoms with Crippen molar-refractivity contribution in [2.45, 2.75) is 136 Å². The van der Waals surface area contributed by atoms with E-state index in [1.165, 1.54) is 107 Å². The SMILES string of the molecule is CCCCCCCCC(CCCCCCCC)C(=O)OCCCCCCCI. The van der Waals surface area contributed by atoms with Crippen LogP contribution < -0.4 is 0 Å². The van der Waals surface area contributed by atoms with Crippen LogP contribution in [0.3, 0.4) is 0 Å². The largest absolute Gasteiger partial charge is 0.465 e. The molecule has 0 saturated carbocycles. The summed E-state index contributed by atoms with van der Waals surface area (Å²) in [4.78, 5) is 12.6. The van der Waals surface area contributed by atoms with Gasteiger partial charge in [-0.15, -0.1) is 0 Å². The van der Waals surface area contributed by atoms with Gasteiger partial charge in [-0.1, -0.05) is 133 Å². The molecular weight excluding hydrogens is 459 g/mol. The molecule has 0 spiro atoms. The summed E-state index contributed by atoms with van der Waals surface area (Å²) in [6.45, 7) is 5.15. The van der Waals surface area contributed by atoms with Crippen molar-refractivity contribution in [3.63, 3.8) is 0 Å². The molecule has 0 aliphatic heterocycles. The lowest BCUT2D eigenvalue weighted by Crippen LogP contribution is -2.18. The normalized spacial score (nSPS) is 11.3. The Morgan fingerprint density at radius 2 is 1.07 bits per heavy atom. The first-order valence-electron chi connectivity index (χ1n) is 12.5. The Kier molecular flexibility index (Phi) is 23.6. The summed E-state index contributed by atoms with van der Waals surface area (Å²) in [5, 5.41) is 0. The Morgan fingerprint density at radius 1 is 0.643 bits per heavy atom. The third-order valence-electron chi connectivity index (χ3n) is 5.67. The predicted octanol–water partition coefficient (Wildman–Crippen LogP) is 9.03. The first-order chi connectivity index (χ1) is 13.8. The van der Waals surface area contributed by atoms with Crippen LogP contribution in [0.25, 0.3) is 0 Å². The molecule has 0 amide bonds. The molecule has 0 rings (SSSR count). The molecule has 168 valence electrons. The summed E-state index contributed by atoms with van der Waals surface area (Å²) < 4.78 is 6.92. The lowest BCUT2D eigenvalue weighted by atomic mass is 9.94. The Labute approximate surface area is 190 Å². The molecule has 0 aromatic carbocycles. The number of carbonyl (C=O) groups is 1. The van der Waals surface area contributed by atoms with Gasteiger partial charge in [-0.25, -0.2) is 0 Å². The summed E-state index contributed by atoms with van der Waals surface area (Å²) in [5.41, 5.74) is 0. The van der Waals surface area contributed by atoms with E-state index < -0.39 is 0 Å². The molecule has 0 fully saturated rings. The minimum Gasteiger partial charge on any atom is -0.465 e. The van der Waals surface area contributed by atoms with Crippen molar-refractivity contribution in [1.82, 2.24) is 0 Å². The second-order valence-corrected chi connectivity index (χ2v) is 9.51. The van der Waals surface area contributed by atoms with Gasteiger partial charge in [0.05, 0.1) is 12.5 Å². The Morgan fingerprint density at radius 3 is 1.57 bits per heavy atom. The maximum Gasteiger partial charge on any atom is 0.308 e. The quantitative estimate of drug-likeness (QED) is 0.0631. The van der Waals surface area contributed by atoms with Crippen LogP contribution in [0.5, 0.6) is 0 Å². The second kappa shape index (κ2) is 23.5. The zero-order valence-electron chi connectivity index (χ0n) is 19.1. The molecule has 0 aromatic rings. The van der Waals surface area contributed by atoms with Crippen molar-refractivity contribution >= 4 is 28.6 Å². The van der Waals surface area contributed by atoms with Crippen LogP contribution in [-0.2, 0) is 9.53 Å².